The van der Waals surface area contributed by atoms with Crippen molar-refractivity contribution >= 4 is 50.9 Å². The fraction of sp³-hybridized carbons (Fsp3) is 0.250. The van der Waals surface area contributed by atoms with Crippen LogP contribution in [-0.4, -0.2) is 33.5 Å². The lowest BCUT2D eigenvalue weighted by molar-refractivity contribution is -0.133. The van der Waals surface area contributed by atoms with Crippen molar-refractivity contribution in [3.05, 3.63) is 23.2 Å². The van der Waals surface area contributed by atoms with Gasteiger partial charge in [0.15, 0.2) is 0 Å². The van der Waals surface area contributed by atoms with Crippen LogP contribution in [0.2, 0.25) is 0 Å². The van der Waals surface area contributed by atoms with E-state index in [9.17, 15) is 9.59 Å². The number of carbonyl (C=O) groups is 2. The zero-order chi connectivity index (χ0) is 13.8. The van der Waals surface area contributed by atoms with Crippen molar-refractivity contribution in [2.45, 2.75) is 6.92 Å². The number of anilines is 1. The summed E-state index contributed by atoms with van der Waals surface area (Å²) in [7, 11) is 0. The van der Waals surface area contributed by atoms with Gasteiger partial charge < -0.3 is 10.4 Å². The van der Waals surface area contributed by atoms with E-state index in [1.54, 1.807) is 17.4 Å². The molecule has 5 nitrogen and oxygen atoms in total. The number of hydrogen-bond acceptors (Lipinski definition) is 5. The van der Waals surface area contributed by atoms with E-state index >= 15 is 0 Å². The third kappa shape index (κ3) is 3.93. The number of fused-ring (bicyclic) bond motifs is 1. The van der Waals surface area contributed by atoms with Gasteiger partial charge in [0.1, 0.15) is 0 Å². The molecular weight excluding hydrogens is 284 g/mol. The summed E-state index contributed by atoms with van der Waals surface area (Å²) in [5.41, 5.74) is 1.62. The number of hydrogen-bond donors (Lipinski definition) is 2. The Bertz CT molecular complexity index is 624. The molecule has 0 unspecified atom stereocenters. The van der Waals surface area contributed by atoms with Gasteiger partial charge in [0.2, 0.25) is 5.91 Å². The van der Waals surface area contributed by atoms with Gasteiger partial charge in [-0.15, -0.1) is 23.1 Å². The van der Waals surface area contributed by atoms with Crippen LogP contribution in [0.5, 0.6) is 0 Å². The van der Waals surface area contributed by atoms with Gasteiger partial charge >= 0.3 is 5.97 Å². The lowest BCUT2D eigenvalue weighted by Crippen LogP contribution is -2.15. The minimum atomic E-state index is -0.917. The Morgan fingerprint density at radius 3 is 2.95 bits per heavy atom. The quantitative estimate of drug-likeness (QED) is 0.885. The lowest BCUT2D eigenvalue weighted by atomic mass is 10.3. The Balaban J connectivity index is 1.96. The third-order valence-electron chi connectivity index (χ3n) is 2.24. The fourth-order valence-electron chi connectivity index (χ4n) is 1.55. The molecule has 19 heavy (non-hydrogen) atoms. The molecule has 0 bridgehead atoms. The average Bonchev–Trinajstić information content (AvgIpc) is 2.67. The Morgan fingerprint density at radius 1 is 1.42 bits per heavy atom. The number of thiazole rings is 1. The second kappa shape index (κ2) is 6.03. The van der Waals surface area contributed by atoms with Crippen molar-refractivity contribution in [3.63, 3.8) is 0 Å². The number of carbonyl (C=O) groups excluding carboxylic acids is 1. The molecular formula is C12H12N2O3S2. The molecule has 1 heterocycles. The number of carboxylic acids is 1. The molecule has 0 saturated carbocycles. The Labute approximate surface area is 118 Å². The van der Waals surface area contributed by atoms with Crippen molar-refractivity contribution in [3.8, 4) is 0 Å². The van der Waals surface area contributed by atoms with E-state index in [1.807, 2.05) is 19.1 Å². The second-order valence-electron chi connectivity index (χ2n) is 3.85. The maximum absolute atomic E-state index is 11.6. The first kappa shape index (κ1) is 13.8. The van der Waals surface area contributed by atoms with Crippen LogP contribution in [-0.2, 0) is 9.59 Å². The summed E-state index contributed by atoms with van der Waals surface area (Å²) in [6, 6.07) is 5.53. The molecule has 2 N–H and O–H groups in total. The summed E-state index contributed by atoms with van der Waals surface area (Å²) in [5, 5.41) is 12.2. The molecule has 0 aliphatic carbocycles. The Hall–Kier alpha value is -1.60. The predicted octanol–water partition coefficient (Wildman–Crippen LogP) is 2.36. The van der Waals surface area contributed by atoms with Crippen LogP contribution in [0.1, 0.15) is 5.01 Å². The highest BCUT2D eigenvalue weighted by Crippen LogP contribution is 2.24. The number of carboxylic acid groups (broad SMARTS) is 1. The van der Waals surface area contributed by atoms with Gasteiger partial charge in [0.25, 0.3) is 0 Å². The molecule has 1 aromatic carbocycles. The number of benzene rings is 1. The van der Waals surface area contributed by atoms with Gasteiger partial charge in [-0.1, -0.05) is 0 Å². The smallest absolute Gasteiger partial charge is 0.313 e. The molecule has 1 aromatic heterocycles. The largest absolute Gasteiger partial charge is 0.481 e. The molecule has 0 fully saturated rings. The molecule has 0 aliphatic rings. The van der Waals surface area contributed by atoms with Crippen molar-refractivity contribution < 1.29 is 14.7 Å². The van der Waals surface area contributed by atoms with Crippen LogP contribution in [0.3, 0.4) is 0 Å². The predicted molar refractivity (Wildman–Crippen MR) is 77.9 cm³/mol. The number of aryl methyl sites for hydroxylation is 1. The normalized spacial score (nSPS) is 10.6. The summed E-state index contributed by atoms with van der Waals surface area (Å²) in [6.45, 7) is 1.94. The van der Waals surface area contributed by atoms with E-state index in [2.05, 4.69) is 10.3 Å². The number of nitrogens with one attached hydrogen (secondary N) is 1. The number of rotatable bonds is 5. The molecule has 0 atom stereocenters. The molecule has 0 saturated heterocycles. The highest BCUT2D eigenvalue weighted by molar-refractivity contribution is 8.00. The first-order chi connectivity index (χ1) is 9.04. The number of thioether (sulfide) groups is 1. The van der Waals surface area contributed by atoms with E-state index in [0.717, 1.165) is 27.0 Å². The summed E-state index contributed by atoms with van der Waals surface area (Å²) < 4.78 is 1.02. The van der Waals surface area contributed by atoms with Gasteiger partial charge in [0.05, 0.1) is 26.7 Å². The van der Waals surface area contributed by atoms with Crippen LogP contribution in [0.4, 0.5) is 5.69 Å². The van der Waals surface area contributed by atoms with Crippen LogP contribution >= 0.6 is 23.1 Å². The van der Waals surface area contributed by atoms with Crippen LogP contribution in [0.25, 0.3) is 10.2 Å². The van der Waals surface area contributed by atoms with Crippen molar-refractivity contribution in [2.75, 3.05) is 16.8 Å². The number of nitrogens with zero attached hydrogens (tertiary/aromatic N) is 1. The average molecular weight is 296 g/mol. The van der Waals surface area contributed by atoms with E-state index in [4.69, 9.17) is 5.11 Å². The van der Waals surface area contributed by atoms with Gasteiger partial charge in [-0.3, -0.25) is 9.59 Å². The molecule has 0 spiro atoms. The lowest BCUT2D eigenvalue weighted by Gasteiger charge is -2.04. The van der Waals surface area contributed by atoms with Gasteiger partial charge in [0, 0.05) is 5.69 Å². The van der Waals surface area contributed by atoms with Gasteiger partial charge in [-0.25, -0.2) is 4.98 Å². The first-order valence-corrected chi connectivity index (χ1v) is 7.48. The molecule has 2 aromatic rings. The van der Waals surface area contributed by atoms with Crippen LogP contribution in [0.15, 0.2) is 18.2 Å². The second-order valence-corrected chi connectivity index (χ2v) is 6.07. The highest BCUT2D eigenvalue weighted by atomic mass is 32.2. The Morgan fingerprint density at radius 2 is 2.21 bits per heavy atom. The molecule has 2 rings (SSSR count). The zero-order valence-electron chi connectivity index (χ0n) is 10.2. The zero-order valence-corrected chi connectivity index (χ0v) is 11.8. The summed E-state index contributed by atoms with van der Waals surface area (Å²) in [6.07, 6.45) is 0. The number of aromatic nitrogens is 1. The van der Waals surface area contributed by atoms with E-state index in [1.165, 1.54) is 0 Å². The SMILES string of the molecule is Cc1nc2ccc(NC(=O)CSCC(=O)O)cc2s1. The third-order valence-corrected chi connectivity index (χ3v) is 4.09. The van der Waals surface area contributed by atoms with Gasteiger partial charge in [-0.05, 0) is 25.1 Å². The summed E-state index contributed by atoms with van der Waals surface area (Å²) in [5.74, 6) is -1.06. The molecule has 0 aliphatic heterocycles. The van der Waals surface area contributed by atoms with E-state index in [0.29, 0.717) is 5.69 Å². The minimum Gasteiger partial charge on any atom is -0.481 e. The van der Waals surface area contributed by atoms with E-state index in [-0.39, 0.29) is 17.4 Å². The molecule has 100 valence electrons. The summed E-state index contributed by atoms with van der Waals surface area (Å²) in [4.78, 5) is 26.3. The number of aliphatic carboxylic acids is 1. The first-order valence-electron chi connectivity index (χ1n) is 5.51. The number of amides is 1. The van der Waals surface area contributed by atoms with Gasteiger partial charge in [-0.2, -0.15) is 0 Å². The monoisotopic (exact) mass is 296 g/mol. The fourth-order valence-corrected chi connectivity index (χ4v) is 2.95. The van der Waals surface area contributed by atoms with Crippen molar-refractivity contribution in [1.82, 2.24) is 4.98 Å². The van der Waals surface area contributed by atoms with Crippen LogP contribution < -0.4 is 5.32 Å². The van der Waals surface area contributed by atoms with E-state index < -0.39 is 5.97 Å². The van der Waals surface area contributed by atoms with Crippen molar-refractivity contribution in [2.24, 2.45) is 0 Å². The molecule has 7 heteroatoms. The standard InChI is InChI=1S/C12H12N2O3S2/c1-7-13-9-3-2-8(4-10(9)19-7)14-11(15)5-18-6-12(16)17/h2-4H,5-6H2,1H3,(H,14,15)(H,16,17). The molecule has 0 radical (unpaired) electrons. The maximum atomic E-state index is 11.6. The Kier molecular flexibility index (Phi) is 4.39. The maximum Gasteiger partial charge on any atom is 0.313 e. The summed E-state index contributed by atoms with van der Waals surface area (Å²) >= 11 is 2.64. The highest BCUT2D eigenvalue weighted by Gasteiger charge is 2.06. The van der Waals surface area contributed by atoms with Crippen LogP contribution in [0, 0.1) is 6.92 Å². The minimum absolute atomic E-state index is 0.0690. The molecule has 1 amide bonds. The van der Waals surface area contributed by atoms with Crippen molar-refractivity contribution in [1.29, 1.82) is 0 Å². The topological polar surface area (TPSA) is 79.3 Å².